The highest BCUT2D eigenvalue weighted by Gasteiger charge is 2.19. The molecular formula is C16H22N2OS. The number of anilines is 1. The van der Waals surface area contributed by atoms with Crippen molar-refractivity contribution in [2.45, 2.75) is 19.9 Å². The predicted octanol–water partition coefficient (Wildman–Crippen LogP) is 3.51. The molecule has 0 radical (unpaired) electrons. The van der Waals surface area contributed by atoms with E-state index in [0.717, 1.165) is 11.4 Å². The van der Waals surface area contributed by atoms with Crippen molar-refractivity contribution in [1.29, 1.82) is 0 Å². The van der Waals surface area contributed by atoms with Gasteiger partial charge in [-0.3, -0.25) is 0 Å². The van der Waals surface area contributed by atoms with Gasteiger partial charge in [-0.2, -0.15) is 0 Å². The van der Waals surface area contributed by atoms with E-state index in [1.807, 2.05) is 29.5 Å². The first-order valence-corrected chi connectivity index (χ1v) is 7.52. The van der Waals surface area contributed by atoms with E-state index in [2.05, 4.69) is 37.9 Å². The first-order valence-electron chi connectivity index (χ1n) is 6.70. The van der Waals surface area contributed by atoms with Gasteiger partial charge in [0.15, 0.2) is 0 Å². The third kappa shape index (κ3) is 2.97. The standard InChI is InChI=1S/C16H22N2OS/c1-11-8-15(12(2)20-11)16(10-17)18(3)13-6-5-7-14(9-13)19-4/h5-9,16H,10,17H2,1-4H3. The topological polar surface area (TPSA) is 38.5 Å². The summed E-state index contributed by atoms with van der Waals surface area (Å²) in [5.41, 5.74) is 8.46. The molecule has 108 valence electrons. The van der Waals surface area contributed by atoms with Crippen LogP contribution in [0, 0.1) is 13.8 Å². The van der Waals surface area contributed by atoms with Gasteiger partial charge in [-0.25, -0.2) is 0 Å². The van der Waals surface area contributed by atoms with Crippen molar-refractivity contribution in [3.63, 3.8) is 0 Å². The average molecular weight is 290 g/mol. The minimum Gasteiger partial charge on any atom is -0.497 e. The number of thiophene rings is 1. The number of aryl methyl sites for hydroxylation is 2. The Kier molecular flexibility index (Phi) is 4.68. The number of nitrogens with zero attached hydrogens (tertiary/aromatic N) is 1. The largest absolute Gasteiger partial charge is 0.497 e. The minimum atomic E-state index is 0.187. The molecule has 0 bridgehead atoms. The number of benzene rings is 1. The summed E-state index contributed by atoms with van der Waals surface area (Å²) in [7, 11) is 3.77. The van der Waals surface area contributed by atoms with Crippen LogP contribution >= 0.6 is 11.3 Å². The van der Waals surface area contributed by atoms with Gasteiger partial charge in [0.05, 0.1) is 13.2 Å². The molecule has 0 saturated heterocycles. The van der Waals surface area contributed by atoms with Gasteiger partial charge >= 0.3 is 0 Å². The molecule has 3 nitrogen and oxygen atoms in total. The molecule has 1 aromatic heterocycles. The Labute approximate surface area is 125 Å². The van der Waals surface area contributed by atoms with E-state index in [0.29, 0.717) is 6.54 Å². The van der Waals surface area contributed by atoms with Crippen molar-refractivity contribution in [2.24, 2.45) is 5.73 Å². The number of hydrogen-bond donors (Lipinski definition) is 1. The second kappa shape index (κ2) is 6.29. The number of nitrogens with two attached hydrogens (primary N) is 1. The molecular weight excluding hydrogens is 268 g/mol. The van der Waals surface area contributed by atoms with E-state index >= 15 is 0 Å². The van der Waals surface area contributed by atoms with Crippen LogP contribution in [-0.4, -0.2) is 20.7 Å². The number of rotatable bonds is 5. The Balaban J connectivity index is 2.33. The van der Waals surface area contributed by atoms with E-state index in [-0.39, 0.29) is 6.04 Å². The molecule has 0 saturated carbocycles. The van der Waals surface area contributed by atoms with Gasteiger partial charge in [-0.05, 0) is 37.6 Å². The zero-order valence-electron chi connectivity index (χ0n) is 12.5. The molecule has 0 fully saturated rings. The Morgan fingerprint density at radius 3 is 2.60 bits per heavy atom. The monoisotopic (exact) mass is 290 g/mol. The van der Waals surface area contributed by atoms with Crippen LogP contribution < -0.4 is 15.4 Å². The molecule has 0 amide bonds. The van der Waals surface area contributed by atoms with E-state index < -0.39 is 0 Å². The fraction of sp³-hybridized carbons (Fsp3) is 0.375. The lowest BCUT2D eigenvalue weighted by atomic mass is 10.1. The third-order valence-corrected chi connectivity index (χ3v) is 4.57. The van der Waals surface area contributed by atoms with Crippen molar-refractivity contribution in [3.8, 4) is 5.75 Å². The summed E-state index contributed by atoms with van der Waals surface area (Å²) in [4.78, 5) is 4.89. The Morgan fingerprint density at radius 1 is 1.30 bits per heavy atom. The van der Waals surface area contributed by atoms with Crippen LogP contribution in [0.15, 0.2) is 30.3 Å². The van der Waals surface area contributed by atoms with Crippen molar-refractivity contribution < 1.29 is 4.74 Å². The van der Waals surface area contributed by atoms with Crippen LogP contribution in [0.5, 0.6) is 5.75 Å². The van der Waals surface area contributed by atoms with Crippen LogP contribution in [-0.2, 0) is 0 Å². The molecule has 20 heavy (non-hydrogen) atoms. The van der Waals surface area contributed by atoms with Crippen molar-refractivity contribution in [3.05, 3.63) is 45.6 Å². The summed E-state index contributed by atoms with van der Waals surface area (Å²) < 4.78 is 5.30. The fourth-order valence-electron chi connectivity index (χ4n) is 2.48. The quantitative estimate of drug-likeness (QED) is 0.916. The summed E-state index contributed by atoms with van der Waals surface area (Å²) in [6, 6.07) is 10.5. The molecule has 1 aromatic carbocycles. The maximum Gasteiger partial charge on any atom is 0.120 e. The molecule has 2 rings (SSSR count). The molecule has 1 heterocycles. The third-order valence-electron chi connectivity index (χ3n) is 3.59. The lowest BCUT2D eigenvalue weighted by Crippen LogP contribution is -2.30. The van der Waals surface area contributed by atoms with E-state index in [1.165, 1.54) is 15.3 Å². The van der Waals surface area contributed by atoms with Crippen molar-refractivity contribution in [2.75, 3.05) is 25.6 Å². The highest BCUT2D eigenvalue weighted by Crippen LogP contribution is 2.32. The molecule has 4 heteroatoms. The number of likely N-dealkylation sites (N-methyl/N-ethyl adjacent to an activating group) is 1. The van der Waals surface area contributed by atoms with Crippen LogP contribution in [0.1, 0.15) is 21.4 Å². The van der Waals surface area contributed by atoms with Crippen LogP contribution in [0.25, 0.3) is 0 Å². The van der Waals surface area contributed by atoms with E-state index in [1.54, 1.807) is 7.11 Å². The summed E-state index contributed by atoms with van der Waals surface area (Å²) in [6.07, 6.45) is 0. The zero-order valence-corrected chi connectivity index (χ0v) is 13.3. The van der Waals surface area contributed by atoms with Gasteiger partial charge in [0.25, 0.3) is 0 Å². The number of hydrogen-bond acceptors (Lipinski definition) is 4. The Hall–Kier alpha value is -1.52. The highest BCUT2D eigenvalue weighted by molar-refractivity contribution is 7.12. The van der Waals surface area contributed by atoms with Gasteiger partial charge < -0.3 is 15.4 Å². The van der Waals surface area contributed by atoms with Crippen LogP contribution in [0.2, 0.25) is 0 Å². The van der Waals surface area contributed by atoms with Gasteiger partial charge in [0.1, 0.15) is 5.75 Å². The number of ether oxygens (including phenoxy) is 1. The first kappa shape index (κ1) is 14.9. The SMILES string of the molecule is COc1cccc(N(C)C(CN)c2cc(C)sc2C)c1. The first-order chi connectivity index (χ1) is 9.56. The van der Waals surface area contributed by atoms with E-state index in [9.17, 15) is 0 Å². The summed E-state index contributed by atoms with van der Waals surface area (Å²) in [5, 5.41) is 0. The van der Waals surface area contributed by atoms with Crippen LogP contribution in [0.4, 0.5) is 5.69 Å². The van der Waals surface area contributed by atoms with Crippen molar-refractivity contribution >= 4 is 17.0 Å². The molecule has 0 aliphatic carbocycles. The molecule has 0 spiro atoms. The lowest BCUT2D eigenvalue weighted by Gasteiger charge is -2.29. The maximum absolute atomic E-state index is 6.02. The summed E-state index contributed by atoms with van der Waals surface area (Å²) >= 11 is 1.83. The minimum absolute atomic E-state index is 0.187. The molecule has 0 aliphatic heterocycles. The molecule has 2 N–H and O–H groups in total. The molecule has 0 aliphatic rings. The smallest absolute Gasteiger partial charge is 0.120 e. The van der Waals surface area contributed by atoms with E-state index in [4.69, 9.17) is 10.5 Å². The van der Waals surface area contributed by atoms with Crippen LogP contribution in [0.3, 0.4) is 0 Å². The number of methoxy groups -OCH3 is 1. The second-order valence-corrected chi connectivity index (χ2v) is 6.39. The van der Waals surface area contributed by atoms with Gasteiger partial charge in [0, 0.05) is 35.1 Å². The molecule has 1 unspecified atom stereocenters. The zero-order chi connectivity index (χ0) is 14.7. The Morgan fingerprint density at radius 2 is 2.05 bits per heavy atom. The molecule has 2 aromatic rings. The predicted molar refractivity (Wildman–Crippen MR) is 87.0 cm³/mol. The lowest BCUT2D eigenvalue weighted by molar-refractivity contribution is 0.414. The highest BCUT2D eigenvalue weighted by atomic mass is 32.1. The van der Waals surface area contributed by atoms with Gasteiger partial charge in [-0.15, -0.1) is 11.3 Å². The average Bonchev–Trinajstić information content (AvgIpc) is 2.78. The maximum atomic E-state index is 6.02. The summed E-state index contributed by atoms with van der Waals surface area (Å²) in [6.45, 7) is 4.89. The Bertz CT molecular complexity index is 580. The normalized spacial score (nSPS) is 12.2. The van der Waals surface area contributed by atoms with Gasteiger partial charge in [0.2, 0.25) is 0 Å². The van der Waals surface area contributed by atoms with Gasteiger partial charge in [-0.1, -0.05) is 6.07 Å². The van der Waals surface area contributed by atoms with Crippen molar-refractivity contribution in [1.82, 2.24) is 0 Å². The molecule has 1 atom stereocenters. The summed E-state index contributed by atoms with van der Waals surface area (Å²) in [5.74, 6) is 0.864. The fourth-order valence-corrected chi connectivity index (χ4v) is 3.47. The second-order valence-electron chi connectivity index (χ2n) is 4.93.